The van der Waals surface area contributed by atoms with E-state index < -0.39 is 12.7 Å². The summed E-state index contributed by atoms with van der Waals surface area (Å²) in [5.74, 6) is -1.68. The summed E-state index contributed by atoms with van der Waals surface area (Å²) < 4.78 is 34.4. The van der Waals surface area contributed by atoms with E-state index in [1.54, 1.807) is 6.07 Å². The van der Waals surface area contributed by atoms with Crippen LogP contribution in [0.4, 0.5) is 0 Å². The van der Waals surface area contributed by atoms with Gasteiger partial charge in [-0.05, 0) is 54.0 Å². The van der Waals surface area contributed by atoms with Gasteiger partial charge < -0.3 is 0 Å². The van der Waals surface area contributed by atoms with Crippen molar-refractivity contribution >= 4 is 0 Å². The van der Waals surface area contributed by atoms with Crippen LogP contribution in [-0.2, 0) is 12.5 Å². The monoisotopic (exact) mass is 373 g/mol. The number of aryl methyl sites for hydroxylation is 2. The molecule has 0 bridgehead atoms. The van der Waals surface area contributed by atoms with Crippen LogP contribution < -0.4 is 4.57 Å². The van der Waals surface area contributed by atoms with Crippen LogP contribution in [0, 0.1) is 6.92 Å². The second-order valence-corrected chi connectivity index (χ2v) is 8.41. The van der Waals surface area contributed by atoms with Gasteiger partial charge in [-0.15, -0.1) is 0 Å². The van der Waals surface area contributed by atoms with Gasteiger partial charge in [0.25, 0.3) is 0 Å². The van der Waals surface area contributed by atoms with E-state index in [0.29, 0.717) is 5.56 Å². The number of benzene rings is 1. The molecule has 28 heavy (non-hydrogen) atoms. The molecule has 1 fully saturated rings. The van der Waals surface area contributed by atoms with Gasteiger partial charge in [0.05, 0.1) is 11.3 Å². The van der Waals surface area contributed by atoms with E-state index in [4.69, 9.17) is 10.5 Å². The van der Waals surface area contributed by atoms with E-state index in [2.05, 4.69) is 29.7 Å². The third-order valence-electron chi connectivity index (χ3n) is 6.74. The number of rotatable bonds is 2. The largest absolute Gasteiger partial charge is 0.260 e. The van der Waals surface area contributed by atoms with Crippen LogP contribution in [0.15, 0.2) is 48.8 Å². The average molecular weight is 374 g/mol. The fourth-order valence-corrected chi connectivity index (χ4v) is 5.40. The molecule has 2 aliphatic carbocycles. The SMILES string of the molecule is [2H]C([2H])([2H])C([2H])(C)c1cc[n+](C)c(-c2c(C)ccc3c2C2(CCCC2)c2ncccc2-3)c1. The van der Waals surface area contributed by atoms with Crippen LogP contribution >= 0.6 is 0 Å². The van der Waals surface area contributed by atoms with Crippen LogP contribution in [0.3, 0.4) is 0 Å². The fraction of sp³-hybridized carbons (Fsp3) is 0.385. The molecule has 0 radical (unpaired) electrons. The molecule has 5 rings (SSSR count). The Balaban J connectivity index is 1.81. The highest BCUT2D eigenvalue weighted by Crippen LogP contribution is 2.58. The fourth-order valence-electron chi connectivity index (χ4n) is 5.40. The molecule has 0 saturated heterocycles. The molecule has 0 N–H and O–H groups in total. The van der Waals surface area contributed by atoms with Gasteiger partial charge in [-0.1, -0.05) is 44.8 Å². The number of hydrogen-bond acceptors (Lipinski definition) is 1. The van der Waals surface area contributed by atoms with Gasteiger partial charge >= 0.3 is 0 Å². The summed E-state index contributed by atoms with van der Waals surface area (Å²) >= 11 is 0. The van der Waals surface area contributed by atoms with E-state index in [1.165, 1.54) is 42.1 Å². The molecule has 2 aromatic heterocycles. The number of nitrogens with zero attached hydrogens (tertiary/aromatic N) is 2. The maximum atomic E-state index is 8.64. The highest BCUT2D eigenvalue weighted by Gasteiger charge is 2.48. The molecule has 1 unspecified atom stereocenters. The second kappa shape index (κ2) is 6.27. The van der Waals surface area contributed by atoms with E-state index in [9.17, 15) is 0 Å². The van der Waals surface area contributed by atoms with Crippen LogP contribution in [0.2, 0.25) is 0 Å². The Morgan fingerprint density at radius 2 is 2.00 bits per heavy atom. The molecule has 0 aliphatic heterocycles. The van der Waals surface area contributed by atoms with Gasteiger partial charge in [0.1, 0.15) is 7.05 Å². The molecule has 142 valence electrons. The first kappa shape index (κ1) is 13.7. The first-order chi connectivity index (χ1) is 15.1. The predicted molar refractivity (Wildman–Crippen MR) is 114 cm³/mol. The molecule has 2 aliphatic rings. The zero-order valence-electron chi connectivity index (χ0n) is 20.8. The summed E-state index contributed by atoms with van der Waals surface area (Å²) in [5, 5.41) is 0. The number of pyridine rings is 2. The minimum atomic E-state index is -2.41. The molecule has 1 saturated carbocycles. The summed E-state index contributed by atoms with van der Waals surface area (Å²) in [6.45, 7) is 1.20. The third-order valence-corrected chi connectivity index (χ3v) is 6.74. The highest BCUT2D eigenvalue weighted by atomic mass is 14.9. The van der Waals surface area contributed by atoms with E-state index >= 15 is 0 Å². The van der Waals surface area contributed by atoms with Crippen molar-refractivity contribution in [1.29, 1.82) is 0 Å². The van der Waals surface area contributed by atoms with Crippen molar-refractivity contribution in [2.24, 2.45) is 7.05 Å². The lowest BCUT2D eigenvalue weighted by Gasteiger charge is -2.28. The minimum absolute atomic E-state index is 0.0927. The standard InChI is InChI=1S/C26H29N2/c1-17(2)19-11-15-28(4)22(16-19)23-18(3)9-10-20-21-8-7-14-27-25(21)26(24(20)23)12-5-6-13-26/h7-11,14-17H,5-6,12-13H2,1-4H3/q+1/i1D3,17D. The predicted octanol–water partition coefficient (Wildman–Crippen LogP) is 5.85. The number of fused-ring (bicyclic) bond motifs is 5. The van der Waals surface area contributed by atoms with Crippen LogP contribution in [-0.4, -0.2) is 4.98 Å². The van der Waals surface area contributed by atoms with Crippen LogP contribution in [0.25, 0.3) is 22.4 Å². The molecular formula is C26H29N2+. The molecule has 3 aromatic rings. The Labute approximate surface area is 173 Å². The van der Waals surface area contributed by atoms with Gasteiger partial charge in [-0.3, -0.25) is 4.98 Å². The lowest BCUT2D eigenvalue weighted by Crippen LogP contribution is -2.32. The van der Waals surface area contributed by atoms with Crippen molar-refractivity contribution in [3.8, 4) is 22.4 Å². The van der Waals surface area contributed by atoms with Crippen molar-refractivity contribution in [3.05, 3.63) is 71.2 Å². The average Bonchev–Trinajstić information content (AvgIpc) is 3.33. The number of hydrogen-bond donors (Lipinski definition) is 0. The Hall–Kier alpha value is -2.48. The molecule has 2 heterocycles. The maximum absolute atomic E-state index is 8.64. The molecule has 1 spiro atoms. The van der Waals surface area contributed by atoms with Gasteiger partial charge in [0, 0.05) is 34.8 Å². The molecule has 1 atom stereocenters. The summed E-state index contributed by atoms with van der Waals surface area (Å²) in [6, 6.07) is 12.3. The lowest BCUT2D eigenvalue weighted by atomic mass is 9.75. The van der Waals surface area contributed by atoms with Crippen molar-refractivity contribution in [1.82, 2.24) is 4.98 Å². The first-order valence-electron chi connectivity index (χ1n) is 12.2. The quantitative estimate of drug-likeness (QED) is 0.515. The number of aromatic nitrogens is 2. The van der Waals surface area contributed by atoms with Crippen molar-refractivity contribution in [3.63, 3.8) is 0 Å². The Kier molecular flexibility index (Phi) is 3.06. The van der Waals surface area contributed by atoms with Crippen LogP contribution in [0.1, 0.15) is 73.2 Å². The summed E-state index contributed by atoms with van der Waals surface area (Å²) in [7, 11) is 2.00. The zero-order valence-corrected chi connectivity index (χ0v) is 16.8. The molecule has 2 nitrogen and oxygen atoms in total. The molecular weight excluding hydrogens is 340 g/mol. The Morgan fingerprint density at radius 3 is 2.79 bits per heavy atom. The van der Waals surface area contributed by atoms with Crippen molar-refractivity contribution < 1.29 is 10.1 Å². The van der Waals surface area contributed by atoms with E-state index in [0.717, 1.165) is 29.7 Å². The van der Waals surface area contributed by atoms with Gasteiger partial charge in [0.15, 0.2) is 6.20 Å². The zero-order chi connectivity index (χ0) is 22.9. The topological polar surface area (TPSA) is 16.8 Å². The van der Waals surface area contributed by atoms with Crippen molar-refractivity contribution in [2.45, 2.75) is 57.7 Å². The normalized spacial score (nSPS) is 21.2. The Bertz CT molecular complexity index is 1220. The lowest BCUT2D eigenvalue weighted by molar-refractivity contribution is -0.660. The van der Waals surface area contributed by atoms with Gasteiger partial charge in [-0.25, -0.2) is 4.57 Å². The first-order valence-corrected chi connectivity index (χ1v) is 10.2. The van der Waals surface area contributed by atoms with Crippen LogP contribution in [0.5, 0.6) is 0 Å². The minimum Gasteiger partial charge on any atom is -0.260 e. The Morgan fingerprint density at radius 1 is 1.18 bits per heavy atom. The van der Waals surface area contributed by atoms with Gasteiger partial charge in [0.2, 0.25) is 5.69 Å². The molecule has 0 amide bonds. The smallest absolute Gasteiger partial charge is 0.213 e. The maximum Gasteiger partial charge on any atom is 0.213 e. The summed E-state index contributed by atoms with van der Waals surface area (Å²) in [4.78, 5) is 4.87. The summed E-state index contributed by atoms with van der Waals surface area (Å²) in [6.07, 6.45) is 8.31. The van der Waals surface area contributed by atoms with Gasteiger partial charge in [-0.2, -0.15) is 0 Å². The summed E-state index contributed by atoms with van der Waals surface area (Å²) in [5.41, 5.74) is 8.68. The van der Waals surface area contributed by atoms with Crippen molar-refractivity contribution in [2.75, 3.05) is 0 Å². The molecule has 2 heteroatoms. The highest BCUT2D eigenvalue weighted by molar-refractivity contribution is 5.87. The third kappa shape index (κ3) is 2.33. The van der Waals surface area contributed by atoms with E-state index in [1.807, 2.05) is 31.6 Å². The van der Waals surface area contributed by atoms with E-state index in [-0.39, 0.29) is 5.41 Å². The molecule has 1 aromatic carbocycles. The second-order valence-electron chi connectivity index (χ2n) is 8.41.